The molecule has 2 N–H and O–H groups in total. The molecule has 5 aromatic rings. The fourth-order valence-corrected chi connectivity index (χ4v) is 3.57. The number of benzene rings is 4. The van der Waals surface area contributed by atoms with Crippen molar-refractivity contribution in [3.05, 3.63) is 102 Å². The first-order valence-corrected chi connectivity index (χ1v) is 9.19. The summed E-state index contributed by atoms with van der Waals surface area (Å²) in [4.78, 5) is 3.47. The summed E-state index contributed by atoms with van der Waals surface area (Å²) in [5.41, 5.74) is 4.76. The first kappa shape index (κ1) is 16.2. The van der Waals surface area contributed by atoms with Gasteiger partial charge in [0.2, 0.25) is 0 Å². The van der Waals surface area contributed by atoms with Gasteiger partial charge in [-0.15, -0.1) is 0 Å². The summed E-state index contributed by atoms with van der Waals surface area (Å²) in [6, 6.07) is 30.0. The topological polar surface area (TPSA) is 36.0 Å². The van der Waals surface area contributed by atoms with Gasteiger partial charge in [0.15, 0.2) is 0 Å². The van der Waals surface area contributed by atoms with Crippen molar-refractivity contribution in [2.24, 2.45) is 0 Å². The second kappa shape index (κ2) is 6.64. The number of hydrogen-bond donors (Lipinski definition) is 2. The second-order valence-corrected chi connectivity index (χ2v) is 6.75. The van der Waals surface area contributed by atoms with Gasteiger partial charge in [-0.05, 0) is 29.7 Å². The van der Waals surface area contributed by atoms with Crippen molar-refractivity contribution in [2.75, 3.05) is 0 Å². The van der Waals surface area contributed by atoms with Crippen LogP contribution in [0.15, 0.2) is 91.0 Å². The predicted molar refractivity (Wildman–Crippen MR) is 115 cm³/mol. The largest absolute Gasteiger partial charge is 0.507 e. The quantitative estimate of drug-likeness (QED) is 0.349. The summed E-state index contributed by atoms with van der Waals surface area (Å²) >= 11 is 0. The Morgan fingerprint density at radius 1 is 0.679 bits per heavy atom. The van der Waals surface area contributed by atoms with Crippen LogP contribution in [0.25, 0.3) is 32.9 Å². The summed E-state index contributed by atoms with van der Waals surface area (Å²) in [5, 5.41) is 13.6. The summed E-state index contributed by atoms with van der Waals surface area (Å²) in [7, 11) is 0. The molecule has 2 heteroatoms. The number of H-pyrrole nitrogens is 1. The van der Waals surface area contributed by atoms with E-state index in [-0.39, 0.29) is 5.75 Å². The van der Waals surface area contributed by atoms with Crippen LogP contribution in [0.5, 0.6) is 5.75 Å². The Hall–Kier alpha value is -3.96. The molecule has 1 heterocycles. The van der Waals surface area contributed by atoms with Crippen LogP contribution in [-0.4, -0.2) is 10.1 Å². The number of hydrogen-bond acceptors (Lipinski definition) is 1. The Morgan fingerprint density at radius 3 is 2.32 bits per heavy atom. The van der Waals surface area contributed by atoms with E-state index in [0.717, 1.165) is 33.1 Å². The van der Waals surface area contributed by atoms with Gasteiger partial charge in [-0.3, -0.25) is 0 Å². The van der Waals surface area contributed by atoms with Gasteiger partial charge in [-0.2, -0.15) is 0 Å². The monoisotopic (exact) mass is 359 g/mol. The minimum Gasteiger partial charge on any atom is -0.507 e. The van der Waals surface area contributed by atoms with Crippen molar-refractivity contribution in [1.29, 1.82) is 0 Å². The van der Waals surface area contributed by atoms with Gasteiger partial charge in [0, 0.05) is 33.1 Å². The fraction of sp³-hybridized carbons (Fsp3) is 0. The van der Waals surface area contributed by atoms with Gasteiger partial charge >= 0.3 is 0 Å². The van der Waals surface area contributed by atoms with Gasteiger partial charge in [0.1, 0.15) is 5.75 Å². The third-order valence-electron chi connectivity index (χ3n) is 4.98. The normalized spacial score (nSPS) is 10.7. The Kier molecular flexibility index (Phi) is 3.85. The zero-order valence-electron chi connectivity index (χ0n) is 15.1. The summed E-state index contributed by atoms with van der Waals surface area (Å²) in [6.07, 6.45) is 0. The van der Waals surface area contributed by atoms with E-state index in [1.165, 1.54) is 5.39 Å². The maximum atomic E-state index is 10.4. The lowest BCUT2D eigenvalue weighted by atomic mass is 10.0. The van der Waals surface area contributed by atoms with E-state index < -0.39 is 0 Å². The van der Waals surface area contributed by atoms with Crippen LogP contribution in [0.1, 0.15) is 11.1 Å². The number of phenols is 1. The van der Waals surface area contributed by atoms with E-state index in [0.29, 0.717) is 5.56 Å². The standard InChI is InChI=1S/C26H17NO/c28-26-16-14-18-7-1-4-10-21(18)23(26)15-13-19-8-2-5-11-22(19)25-17-20-9-3-6-12-24(20)27-25/h1-12,14,16-17,27-28H. The van der Waals surface area contributed by atoms with Gasteiger partial charge in [0.05, 0.1) is 5.56 Å². The number of phenolic OH excluding ortho intramolecular Hbond substituents is 1. The number of nitrogens with one attached hydrogen (secondary N) is 1. The molecule has 2 nitrogen and oxygen atoms in total. The molecule has 28 heavy (non-hydrogen) atoms. The maximum Gasteiger partial charge on any atom is 0.131 e. The van der Waals surface area contributed by atoms with Crippen molar-refractivity contribution in [1.82, 2.24) is 4.98 Å². The zero-order chi connectivity index (χ0) is 18.9. The van der Waals surface area contributed by atoms with Gasteiger partial charge in [0.25, 0.3) is 0 Å². The minimum atomic E-state index is 0.203. The van der Waals surface area contributed by atoms with Crippen LogP contribution < -0.4 is 0 Å². The molecule has 0 saturated carbocycles. The Labute approximate surface area is 163 Å². The van der Waals surface area contributed by atoms with E-state index in [4.69, 9.17) is 0 Å². The highest BCUT2D eigenvalue weighted by Crippen LogP contribution is 2.28. The Balaban J connectivity index is 1.65. The van der Waals surface area contributed by atoms with Crippen molar-refractivity contribution in [3.63, 3.8) is 0 Å². The molecule has 0 bridgehead atoms. The molecule has 0 spiro atoms. The SMILES string of the molecule is Oc1ccc2ccccc2c1C#Cc1ccccc1-c1cc2ccccc2[nH]1. The average molecular weight is 359 g/mol. The third kappa shape index (κ3) is 2.80. The number of aromatic amines is 1. The van der Waals surface area contributed by atoms with E-state index in [1.807, 2.05) is 60.7 Å². The summed E-state index contributed by atoms with van der Waals surface area (Å²) in [5.74, 6) is 6.68. The highest BCUT2D eigenvalue weighted by molar-refractivity contribution is 5.91. The fourth-order valence-electron chi connectivity index (χ4n) is 3.57. The van der Waals surface area contributed by atoms with Crippen LogP contribution in [-0.2, 0) is 0 Å². The Morgan fingerprint density at radius 2 is 1.43 bits per heavy atom. The lowest BCUT2D eigenvalue weighted by Crippen LogP contribution is -1.85. The van der Waals surface area contributed by atoms with Gasteiger partial charge in [-0.1, -0.05) is 78.6 Å². The van der Waals surface area contributed by atoms with Crippen molar-refractivity contribution < 1.29 is 5.11 Å². The molecule has 0 aliphatic heterocycles. The van der Waals surface area contributed by atoms with E-state index in [1.54, 1.807) is 6.07 Å². The van der Waals surface area contributed by atoms with Crippen LogP contribution in [0.4, 0.5) is 0 Å². The second-order valence-electron chi connectivity index (χ2n) is 6.75. The molecular weight excluding hydrogens is 342 g/mol. The number of para-hydroxylation sites is 1. The molecule has 0 amide bonds. The van der Waals surface area contributed by atoms with E-state index in [2.05, 4.69) is 41.1 Å². The molecular formula is C26H17NO. The first-order chi connectivity index (χ1) is 13.8. The van der Waals surface area contributed by atoms with E-state index in [9.17, 15) is 5.11 Å². The number of rotatable bonds is 1. The summed E-state index contributed by atoms with van der Waals surface area (Å²) in [6.45, 7) is 0. The highest BCUT2D eigenvalue weighted by atomic mass is 16.3. The molecule has 0 unspecified atom stereocenters. The molecule has 0 saturated heterocycles. The molecule has 4 aromatic carbocycles. The lowest BCUT2D eigenvalue weighted by Gasteiger charge is -2.04. The highest BCUT2D eigenvalue weighted by Gasteiger charge is 2.07. The van der Waals surface area contributed by atoms with E-state index >= 15 is 0 Å². The Bertz CT molecular complexity index is 1350. The van der Waals surface area contributed by atoms with Crippen molar-refractivity contribution in [3.8, 4) is 28.8 Å². The number of aromatic nitrogens is 1. The number of aromatic hydroxyl groups is 1. The van der Waals surface area contributed by atoms with Crippen LogP contribution in [0, 0.1) is 11.8 Å². The van der Waals surface area contributed by atoms with Gasteiger partial charge < -0.3 is 10.1 Å². The predicted octanol–water partition coefficient (Wildman–Crippen LogP) is 6.09. The molecule has 0 fully saturated rings. The number of fused-ring (bicyclic) bond motifs is 2. The van der Waals surface area contributed by atoms with Crippen LogP contribution in [0.2, 0.25) is 0 Å². The molecule has 132 valence electrons. The summed E-state index contributed by atoms with van der Waals surface area (Å²) < 4.78 is 0. The van der Waals surface area contributed by atoms with Gasteiger partial charge in [-0.25, -0.2) is 0 Å². The van der Waals surface area contributed by atoms with Crippen LogP contribution in [0.3, 0.4) is 0 Å². The maximum absolute atomic E-state index is 10.4. The average Bonchev–Trinajstić information content (AvgIpc) is 3.17. The molecule has 0 aliphatic carbocycles. The van der Waals surface area contributed by atoms with Crippen molar-refractivity contribution in [2.45, 2.75) is 0 Å². The van der Waals surface area contributed by atoms with Crippen molar-refractivity contribution >= 4 is 21.7 Å². The minimum absolute atomic E-state index is 0.203. The smallest absolute Gasteiger partial charge is 0.131 e. The first-order valence-electron chi connectivity index (χ1n) is 9.19. The molecule has 5 rings (SSSR count). The molecule has 1 aromatic heterocycles. The van der Waals surface area contributed by atoms with Crippen LogP contribution >= 0.6 is 0 Å². The lowest BCUT2D eigenvalue weighted by molar-refractivity contribution is 0.474. The molecule has 0 aliphatic rings. The molecule has 0 atom stereocenters. The third-order valence-corrected chi connectivity index (χ3v) is 4.98. The molecule has 0 radical (unpaired) electrons. The zero-order valence-corrected chi connectivity index (χ0v) is 15.1.